The molecule has 2 aliphatic carbocycles. The largest absolute Gasteiger partial charge is 0.314 e. The summed E-state index contributed by atoms with van der Waals surface area (Å²) in [5.74, 6) is 3.32. The van der Waals surface area contributed by atoms with Crippen molar-refractivity contribution in [3.63, 3.8) is 0 Å². The Hall–Kier alpha value is -0.0400. The van der Waals surface area contributed by atoms with Gasteiger partial charge in [0.15, 0.2) is 0 Å². The molecule has 0 aromatic carbocycles. The number of rotatable bonds is 0. The van der Waals surface area contributed by atoms with Crippen LogP contribution in [0.1, 0.15) is 38.5 Å². The van der Waals surface area contributed by atoms with Gasteiger partial charge in [0.1, 0.15) is 0 Å². The molecule has 0 bridgehead atoms. The molecule has 3 aliphatic rings. The van der Waals surface area contributed by atoms with Crippen molar-refractivity contribution in [2.45, 2.75) is 44.6 Å². The maximum atomic E-state index is 3.72. The summed E-state index contributed by atoms with van der Waals surface area (Å²) in [6.07, 6.45) is 9.07. The van der Waals surface area contributed by atoms with Gasteiger partial charge in [0.2, 0.25) is 0 Å². The minimum Gasteiger partial charge on any atom is -0.314 e. The summed E-state index contributed by atoms with van der Waals surface area (Å²) in [6.45, 7) is 1.30. The number of nitrogens with one attached hydrogen (secondary N) is 1. The van der Waals surface area contributed by atoms with Crippen LogP contribution in [0.3, 0.4) is 0 Å². The van der Waals surface area contributed by atoms with Crippen LogP contribution in [0.4, 0.5) is 0 Å². The fraction of sp³-hybridized carbons (Fsp3) is 1.00. The van der Waals surface area contributed by atoms with E-state index in [-0.39, 0.29) is 0 Å². The zero-order chi connectivity index (χ0) is 7.97. The molecule has 12 heavy (non-hydrogen) atoms. The molecule has 4 unspecified atom stereocenters. The van der Waals surface area contributed by atoms with E-state index < -0.39 is 0 Å². The Balaban J connectivity index is 1.84. The highest BCUT2D eigenvalue weighted by molar-refractivity contribution is 4.97. The fourth-order valence-corrected chi connectivity index (χ4v) is 4.01. The SMILES string of the molecule is C1CC2CCC3CCNC(C1)C23. The molecule has 2 saturated carbocycles. The van der Waals surface area contributed by atoms with Gasteiger partial charge in [-0.15, -0.1) is 0 Å². The molecule has 68 valence electrons. The van der Waals surface area contributed by atoms with Gasteiger partial charge in [-0.3, -0.25) is 0 Å². The molecule has 1 aliphatic heterocycles. The van der Waals surface area contributed by atoms with Crippen molar-refractivity contribution < 1.29 is 0 Å². The standard InChI is InChI=1S/C11H19N/c1-2-8-4-5-9-6-7-12-10(3-1)11(8)9/h8-12H,1-7H2. The first kappa shape index (κ1) is 7.37. The van der Waals surface area contributed by atoms with E-state index in [0.29, 0.717) is 0 Å². The predicted molar refractivity (Wildman–Crippen MR) is 50.0 cm³/mol. The van der Waals surface area contributed by atoms with Crippen molar-refractivity contribution in [2.75, 3.05) is 6.54 Å². The quantitative estimate of drug-likeness (QED) is 0.580. The van der Waals surface area contributed by atoms with E-state index in [0.717, 1.165) is 23.8 Å². The average Bonchev–Trinajstić information content (AvgIpc) is 2.52. The van der Waals surface area contributed by atoms with E-state index in [1.54, 1.807) is 19.3 Å². The number of hydrogen-bond donors (Lipinski definition) is 1. The van der Waals surface area contributed by atoms with Crippen LogP contribution < -0.4 is 5.32 Å². The molecular formula is C11H19N. The van der Waals surface area contributed by atoms with Gasteiger partial charge in [-0.1, -0.05) is 12.8 Å². The summed E-state index contributed by atoms with van der Waals surface area (Å²) < 4.78 is 0. The Morgan fingerprint density at radius 1 is 0.833 bits per heavy atom. The summed E-state index contributed by atoms with van der Waals surface area (Å²) in [4.78, 5) is 0. The van der Waals surface area contributed by atoms with Gasteiger partial charge >= 0.3 is 0 Å². The molecule has 1 saturated heterocycles. The molecule has 3 fully saturated rings. The van der Waals surface area contributed by atoms with Crippen LogP contribution in [0.2, 0.25) is 0 Å². The summed E-state index contributed by atoms with van der Waals surface area (Å²) >= 11 is 0. The molecule has 0 radical (unpaired) electrons. The highest BCUT2D eigenvalue weighted by Crippen LogP contribution is 2.48. The second kappa shape index (κ2) is 2.73. The number of hydrogen-bond acceptors (Lipinski definition) is 1. The third-order valence-electron chi connectivity index (χ3n) is 4.47. The molecule has 1 heteroatoms. The van der Waals surface area contributed by atoms with E-state index >= 15 is 0 Å². The Kier molecular flexibility index (Phi) is 1.68. The van der Waals surface area contributed by atoms with Crippen LogP contribution in [0.15, 0.2) is 0 Å². The molecule has 3 rings (SSSR count). The van der Waals surface area contributed by atoms with E-state index in [2.05, 4.69) is 5.32 Å². The predicted octanol–water partition coefficient (Wildman–Crippen LogP) is 2.17. The third kappa shape index (κ3) is 0.953. The summed E-state index contributed by atoms with van der Waals surface area (Å²) in [6, 6.07) is 0.921. The average molecular weight is 165 g/mol. The maximum absolute atomic E-state index is 3.72. The monoisotopic (exact) mass is 165 g/mol. The van der Waals surface area contributed by atoms with Crippen LogP contribution in [-0.2, 0) is 0 Å². The van der Waals surface area contributed by atoms with E-state index in [9.17, 15) is 0 Å². The Morgan fingerprint density at radius 3 is 2.58 bits per heavy atom. The summed E-state index contributed by atoms with van der Waals surface area (Å²) in [5.41, 5.74) is 0. The van der Waals surface area contributed by atoms with Gasteiger partial charge < -0.3 is 5.32 Å². The van der Waals surface area contributed by atoms with Crippen molar-refractivity contribution in [1.82, 2.24) is 5.32 Å². The Morgan fingerprint density at radius 2 is 1.67 bits per heavy atom. The molecule has 0 aromatic heterocycles. The summed E-state index contributed by atoms with van der Waals surface area (Å²) in [7, 11) is 0. The van der Waals surface area contributed by atoms with Gasteiger partial charge in [-0.2, -0.15) is 0 Å². The van der Waals surface area contributed by atoms with Crippen molar-refractivity contribution in [1.29, 1.82) is 0 Å². The lowest BCUT2D eigenvalue weighted by Gasteiger charge is -2.41. The van der Waals surface area contributed by atoms with Crippen molar-refractivity contribution >= 4 is 0 Å². The van der Waals surface area contributed by atoms with Crippen molar-refractivity contribution in [2.24, 2.45) is 17.8 Å². The molecule has 4 atom stereocenters. The van der Waals surface area contributed by atoms with Crippen LogP contribution in [0.25, 0.3) is 0 Å². The van der Waals surface area contributed by atoms with E-state index in [1.165, 1.54) is 25.8 Å². The molecule has 0 aromatic rings. The third-order valence-corrected chi connectivity index (χ3v) is 4.47. The van der Waals surface area contributed by atoms with Crippen molar-refractivity contribution in [3.8, 4) is 0 Å². The number of piperidine rings is 1. The minimum atomic E-state index is 0.921. The lowest BCUT2D eigenvalue weighted by molar-refractivity contribution is 0.130. The first-order valence-electron chi connectivity index (χ1n) is 5.68. The van der Waals surface area contributed by atoms with E-state index in [4.69, 9.17) is 0 Å². The first-order chi connectivity index (χ1) is 5.95. The van der Waals surface area contributed by atoms with Crippen LogP contribution in [0.5, 0.6) is 0 Å². The zero-order valence-corrected chi connectivity index (χ0v) is 7.76. The fourth-order valence-electron chi connectivity index (χ4n) is 4.01. The van der Waals surface area contributed by atoms with Crippen LogP contribution in [0, 0.1) is 17.8 Å². The maximum Gasteiger partial charge on any atom is 0.0101 e. The Bertz CT molecular complexity index is 160. The molecule has 1 heterocycles. The smallest absolute Gasteiger partial charge is 0.0101 e. The second-order valence-electron chi connectivity index (χ2n) is 4.96. The minimum absolute atomic E-state index is 0.921. The highest BCUT2D eigenvalue weighted by Gasteiger charge is 2.44. The summed E-state index contributed by atoms with van der Waals surface area (Å²) in [5, 5.41) is 3.72. The molecule has 1 nitrogen and oxygen atoms in total. The molecule has 0 amide bonds. The highest BCUT2D eigenvalue weighted by atomic mass is 14.9. The topological polar surface area (TPSA) is 12.0 Å². The van der Waals surface area contributed by atoms with Gasteiger partial charge in [0.05, 0.1) is 0 Å². The van der Waals surface area contributed by atoms with Gasteiger partial charge in [0.25, 0.3) is 0 Å². The zero-order valence-electron chi connectivity index (χ0n) is 7.76. The van der Waals surface area contributed by atoms with Gasteiger partial charge in [-0.05, 0) is 50.0 Å². The lowest BCUT2D eigenvalue weighted by atomic mass is 9.72. The lowest BCUT2D eigenvalue weighted by Crippen LogP contribution is -2.48. The Labute approximate surface area is 74.9 Å². The van der Waals surface area contributed by atoms with Gasteiger partial charge in [0, 0.05) is 6.04 Å². The van der Waals surface area contributed by atoms with E-state index in [1.807, 2.05) is 0 Å². The molecule has 1 N–H and O–H groups in total. The second-order valence-corrected chi connectivity index (χ2v) is 4.96. The normalized spacial score (nSPS) is 52.0. The van der Waals surface area contributed by atoms with Crippen LogP contribution >= 0.6 is 0 Å². The molecular weight excluding hydrogens is 146 g/mol. The van der Waals surface area contributed by atoms with Gasteiger partial charge in [-0.25, -0.2) is 0 Å². The van der Waals surface area contributed by atoms with Crippen LogP contribution in [-0.4, -0.2) is 12.6 Å². The molecule has 0 spiro atoms. The van der Waals surface area contributed by atoms with Crippen molar-refractivity contribution in [3.05, 3.63) is 0 Å². The first-order valence-corrected chi connectivity index (χ1v) is 5.68.